The highest BCUT2D eigenvalue weighted by atomic mass is 16.2. The molecule has 1 saturated heterocycles. The predicted molar refractivity (Wildman–Crippen MR) is 123 cm³/mol. The second kappa shape index (κ2) is 11.5. The van der Waals surface area contributed by atoms with Crippen molar-refractivity contribution in [2.45, 2.75) is 39.2 Å². The number of nitrogens with zero attached hydrogens (tertiary/aromatic N) is 2. The molecule has 0 bridgehead atoms. The normalized spacial score (nSPS) is 14.9. The van der Waals surface area contributed by atoms with Crippen LogP contribution in [0.3, 0.4) is 0 Å². The standard InChI is InChI=1S/C24H33N5O2/c1-18(2)17-26-23(30)20-3-5-21(6-4-20)27-24(31)28-22-10-15-29(16-11-22)14-9-19-7-12-25-13-8-19/h3-8,12-13,18,22H,9-11,14-17H2,1-2H3,(H,26,30)(H2,27,28,31). The first-order chi connectivity index (χ1) is 15.0. The highest BCUT2D eigenvalue weighted by molar-refractivity contribution is 5.95. The van der Waals surface area contributed by atoms with Crippen molar-refractivity contribution >= 4 is 17.6 Å². The third-order valence-electron chi connectivity index (χ3n) is 5.46. The molecule has 0 radical (unpaired) electrons. The molecular weight excluding hydrogens is 390 g/mol. The molecule has 3 amide bonds. The second-order valence-corrected chi connectivity index (χ2v) is 8.50. The van der Waals surface area contributed by atoms with Crippen molar-refractivity contribution < 1.29 is 9.59 Å². The highest BCUT2D eigenvalue weighted by Crippen LogP contribution is 2.13. The van der Waals surface area contributed by atoms with Crippen LogP contribution in [-0.4, -0.2) is 54.0 Å². The van der Waals surface area contributed by atoms with Gasteiger partial charge in [-0.05, 0) is 67.1 Å². The first-order valence-corrected chi connectivity index (χ1v) is 11.1. The zero-order chi connectivity index (χ0) is 22.1. The fraction of sp³-hybridized carbons (Fsp3) is 0.458. The van der Waals surface area contributed by atoms with E-state index in [1.807, 2.05) is 12.4 Å². The summed E-state index contributed by atoms with van der Waals surface area (Å²) in [6.45, 7) is 7.74. The van der Waals surface area contributed by atoms with Crippen molar-refractivity contribution in [2.75, 3.05) is 31.5 Å². The summed E-state index contributed by atoms with van der Waals surface area (Å²) < 4.78 is 0. The molecule has 1 aromatic carbocycles. The van der Waals surface area contributed by atoms with Crippen molar-refractivity contribution in [1.29, 1.82) is 0 Å². The van der Waals surface area contributed by atoms with Gasteiger partial charge in [0.25, 0.3) is 5.91 Å². The molecule has 1 aliphatic heterocycles. The van der Waals surface area contributed by atoms with Gasteiger partial charge in [-0.15, -0.1) is 0 Å². The number of anilines is 1. The van der Waals surface area contributed by atoms with Gasteiger partial charge in [0, 0.05) is 55.9 Å². The Morgan fingerprint density at radius 3 is 2.39 bits per heavy atom. The maximum Gasteiger partial charge on any atom is 0.319 e. The lowest BCUT2D eigenvalue weighted by Gasteiger charge is -2.32. The Labute approximate surface area is 184 Å². The lowest BCUT2D eigenvalue weighted by molar-refractivity contribution is 0.0949. The summed E-state index contributed by atoms with van der Waals surface area (Å²) in [5, 5.41) is 8.82. The minimum atomic E-state index is -0.202. The van der Waals surface area contributed by atoms with Crippen LogP contribution in [0.4, 0.5) is 10.5 Å². The summed E-state index contributed by atoms with van der Waals surface area (Å²) >= 11 is 0. The van der Waals surface area contributed by atoms with E-state index in [9.17, 15) is 9.59 Å². The van der Waals surface area contributed by atoms with E-state index in [1.165, 1.54) is 5.56 Å². The fourth-order valence-electron chi connectivity index (χ4n) is 3.59. The van der Waals surface area contributed by atoms with Gasteiger partial charge < -0.3 is 20.9 Å². The fourth-order valence-corrected chi connectivity index (χ4v) is 3.59. The molecule has 2 heterocycles. The number of aromatic nitrogens is 1. The number of carbonyl (C=O) groups is 2. The van der Waals surface area contributed by atoms with E-state index < -0.39 is 0 Å². The molecule has 7 nitrogen and oxygen atoms in total. The Morgan fingerprint density at radius 2 is 1.74 bits per heavy atom. The maximum atomic E-state index is 12.3. The molecule has 0 unspecified atom stereocenters. The number of rotatable bonds is 8. The van der Waals surface area contributed by atoms with Gasteiger partial charge in [0.2, 0.25) is 0 Å². The van der Waals surface area contributed by atoms with Crippen LogP contribution < -0.4 is 16.0 Å². The van der Waals surface area contributed by atoms with Gasteiger partial charge >= 0.3 is 6.03 Å². The molecule has 1 aromatic heterocycles. The number of urea groups is 1. The topological polar surface area (TPSA) is 86.4 Å². The van der Waals surface area contributed by atoms with Gasteiger partial charge in [-0.2, -0.15) is 0 Å². The van der Waals surface area contributed by atoms with Crippen LogP contribution in [0.5, 0.6) is 0 Å². The first-order valence-electron chi connectivity index (χ1n) is 11.1. The molecular formula is C24H33N5O2. The number of nitrogens with one attached hydrogen (secondary N) is 3. The van der Waals surface area contributed by atoms with Crippen LogP contribution in [0, 0.1) is 5.92 Å². The molecule has 3 N–H and O–H groups in total. The monoisotopic (exact) mass is 423 g/mol. The number of likely N-dealkylation sites (tertiary alicyclic amines) is 1. The van der Waals surface area contributed by atoms with E-state index in [2.05, 4.69) is 51.8 Å². The number of benzene rings is 1. The summed E-state index contributed by atoms with van der Waals surface area (Å²) in [7, 11) is 0. The van der Waals surface area contributed by atoms with Crippen molar-refractivity contribution in [3.05, 3.63) is 59.9 Å². The largest absolute Gasteiger partial charge is 0.352 e. The van der Waals surface area contributed by atoms with Crippen LogP contribution in [0.1, 0.15) is 42.6 Å². The van der Waals surface area contributed by atoms with Crippen molar-refractivity contribution in [1.82, 2.24) is 20.5 Å². The van der Waals surface area contributed by atoms with Crippen LogP contribution in [-0.2, 0) is 6.42 Å². The molecule has 166 valence electrons. The Morgan fingerprint density at radius 1 is 1.06 bits per heavy atom. The lowest BCUT2D eigenvalue weighted by atomic mass is 10.0. The molecule has 2 aromatic rings. The molecule has 0 spiro atoms. The van der Waals surface area contributed by atoms with Gasteiger partial charge in [0.05, 0.1) is 0 Å². The highest BCUT2D eigenvalue weighted by Gasteiger charge is 2.20. The van der Waals surface area contributed by atoms with Crippen molar-refractivity contribution in [2.24, 2.45) is 5.92 Å². The molecule has 0 saturated carbocycles. The zero-order valence-electron chi connectivity index (χ0n) is 18.4. The van der Waals surface area contributed by atoms with Gasteiger partial charge in [0.1, 0.15) is 0 Å². The minimum Gasteiger partial charge on any atom is -0.352 e. The van der Waals surface area contributed by atoms with Gasteiger partial charge in [-0.1, -0.05) is 13.8 Å². The van der Waals surface area contributed by atoms with Crippen LogP contribution in [0.25, 0.3) is 0 Å². The van der Waals surface area contributed by atoms with Crippen molar-refractivity contribution in [3.8, 4) is 0 Å². The molecule has 1 fully saturated rings. The number of hydrogen-bond donors (Lipinski definition) is 3. The average molecular weight is 424 g/mol. The third-order valence-corrected chi connectivity index (χ3v) is 5.46. The van der Waals surface area contributed by atoms with E-state index in [-0.39, 0.29) is 18.0 Å². The van der Waals surface area contributed by atoms with E-state index in [0.717, 1.165) is 38.9 Å². The maximum absolute atomic E-state index is 12.3. The number of pyridine rings is 1. The SMILES string of the molecule is CC(C)CNC(=O)c1ccc(NC(=O)NC2CCN(CCc3ccncc3)CC2)cc1. The Bertz CT molecular complexity index is 831. The summed E-state index contributed by atoms with van der Waals surface area (Å²) in [5.74, 6) is 0.308. The molecule has 0 aliphatic carbocycles. The summed E-state index contributed by atoms with van der Waals surface area (Å²) in [5.41, 5.74) is 2.57. The minimum absolute atomic E-state index is 0.0969. The Hall–Kier alpha value is -2.93. The van der Waals surface area contributed by atoms with Crippen molar-refractivity contribution in [3.63, 3.8) is 0 Å². The molecule has 31 heavy (non-hydrogen) atoms. The number of piperidine rings is 1. The lowest BCUT2D eigenvalue weighted by Crippen LogP contribution is -2.46. The van der Waals surface area contributed by atoms with Gasteiger partial charge in [-0.25, -0.2) is 4.79 Å². The van der Waals surface area contributed by atoms with E-state index in [4.69, 9.17) is 0 Å². The Balaban J connectivity index is 1.37. The Kier molecular flexibility index (Phi) is 8.41. The number of carbonyl (C=O) groups excluding carboxylic acids is 2. The van der Waals surface area contributed by atoms with Gasteiger partial charge in [-0.3, -0.25) is 9.78 Å². The summed E-state index contributed by atoms with van der Waals surface area (Å²) in [6, 6.07) is 11.1. The van der Waals surface area contributed by atoms with E-state index in [0.29, 0.717) is 23.7 Å². The third kappa shape index (κ3) is 7.68. The zero-order valence-corrected chi connectivity index (χ0v) is 18.4. The molecule has 3 rings (SSSR count). The number of hydrogen-bond acceptors (Lipinski definition) is 4. The smallest absolute Gasteiger partial charge is 0.319 e. The van der Waals surface area contributed by atoms with Gasteiger partial charge in [0.15, 0.2) is 0 Å². The number of amides is 3. The molecule has 0 atom stereocenters. The first kappa shape index (κ1) is 22.7. The summed E-state index contributed by atoms with van der Waals surface area (Å²) in [4.78, 5) is 30.9. The second-order valence-electron chi connectivity index (χ2n) is 8.50. The predicted octanol–water partition coefficient (Wildman–Crippen LogP) is 3.30. The molecule has 7 heteroatoms. The van der Waals surface area contributed by atoms with E-state index >= 15 is 0 Å². The summed E-state index contributed by atoms with van der Waals surface area (Å²) in [6.07, 6.45) is 6.57. The van der Waals surface area contributed by atoms with E-state index in [1.54, 1.807) is 24.3 Å². The van der Waals surface area contributed by atoms with Crippen LogP contribution in [0.15, 0.2) is 48.8 Å². The molecule has 1 aliphatic rings. The average Bonchev–Trinajstić information content (AvgIpc) is 2.78. The van der Waals surface area contributed by atoms with Crippen LogP contribution >= 0.6 is 0 Å². The quantitative estimate of drug-likeness (QED) is 0.608. The van der Waals surface area contributed by atoms with Crippen LogP contribution in [0.2, 0.25) is 0 Å².